The molecule has 1 aliphatic heterocycles. The number of alkyl halides is 2. The van der Waals surface area contributed by atoms with Crippen molar-refractivity contribution >= 4 is 0 Å². The van der Waals surface area contributed by atoms with Crippen LogP contribution in [0.3, 0.4) is 0 Å². The van der Waals surface area contributed by atoms with E-state index in [9.17, 15) is 13.9 Å². The highest BCUT2D eigenvalue weighted by Gasteiger charge is 2.35. The minimum Gasteiger partial charge on any atom is -0.393 e. The molecule has 0 bridgehead atoms. The number of rotatable bonds is 8. The van der Waals surface area contributed by atoms with Gasteiger partial charge in [0.1, 0.15) is 0 Å². The molecule has 4 nitrogen and oxygen atoms in total. The molecule has 0 atom stereocenters. The van der Waals surface area contributed by atoms with Gasteiger partial charge in [-0.05, 0) is 32.1 Å². The van der Waals surface area contributed by atoms with Gasteiger partial charge in [0.2, 0.25) is 0 Å². The van der Waals surface area contributed by atoms with E-state index in [1.807, 2.05) is 4.90 Å². The SMILES string of the molecule is COCCCC(F)(F)CN1CCC(OC2CC(O)C2)CC1. The molecule has 0 aromatic heterocycles. The summed E-state index contributed by atoms with van der Waals surface area (Å²) in [6.45, 7) is 1.56. The van der Waals surface area contributed by atoms with Crippen LogP contribution in [0.15, 0.2) is 0 Å². The highest BCUT2D eigenvalue weighted by molar-refractivity contribution is 4.83. The average Bonchev–Trinajstić information content (AvgIpc) is 2.39. The Morgan fingerprint density at radius 1 is 1.19 bits per heavy atom. The Morgan fingerprint density at radius 2 is 1.86 bits per heavy atom. The van der Waals surface area contributed by atoms with Crippen molar-refractivity contribution in [3.63, 3.8) is 0 Å². The third-order valence-electron chi connectivity index (χ3n) is 4.34. The summed E-state index contributed by atoms with van der Waals surface area (Å²) in [5, 5.41) is 9.23. The van der Waals surface area contributed by atoms with Gasteiger partial charge in [0, 0.05) is 33.2 Å². The van der Waals surface area contributed by atoms with Crippen LogP contribution in [0.1, 0.15) is 38.5 Å². The molecule has 1 saturated heterocycles. The molecule has 0 radical (unpaired) electrons. The van der Waals surface area contributed by atoms with Gasteiger partial charge in [-0.2, -0.15) is 0 Å². The summed E-state index contributed by atoms with van der Waals surface area (Å²) in [6.07, 6.45) is 3.47. The van der Waals surface area contributed by atoms with Gasteiger partial charge in [0.15, 0.2) is 0 Å². The van der Waals surface area contributed by atoms with Gasteiger partial charge in [-0.15, -0.1) is 0 Å². The number of methoxy groups -OCH3 is 1. The van der Waals surface area contributed by atoms with E-state index in [2.05, 4.69) is 0 Å². The van der Waals surface area contributed by atoms with Gasteiger partial charge in [-0.1, -0.05) is 0 Å². The van der Waals surface area contributed by atoms with Crippen molar-refractivity contribution in [1.82, 2.24) is 4.90 Å². The summed E-state index contributed by atoms with van der Waals surface area (Å²) in [4.78, 5) is 1.84. The number of aliphatic hydroxyl groups is 1. The van der Waals surface area contributed by atoms with E-state index in [1.54, 1.807) is 0 Å². The molecule has 2 rings (SSSR count). The van der Waals surface area contributed by atoms with Crippen LogP contribution in [-0.2, 0) is 9.47 Å². The van der Waals surface area contributed by atoms with Crippen LogP contribution in [0.4, 0.5) is 8.78 Å². The minimum atomic E-state index is -2.63. The number of hydrogen-bond acceptors (Lipinski definition) is 4. The number of halogens is 2. The molecule has 0 unspecified atom stereocenters. The Hall–Kier alpha value is -0.300. The molecule has 2 aliphatic rings. The number of ether oxygens (including phenoxy) is 2. The van der Waals surface area contributed by atoms with E-state index in [4.69, 9.17) is 9.47 Å². The smallest absolute Gasteiger partial charge is 0.260 e. The molecule has 0 amide bonds. The van der Waals surface area contributed by atoms with Crippen molar-refractivity contribution in [3.8, 4) is 0 Å². The zero-order valence-corrected chi connectivity index (χ0v) is 12.8. The van der Waals surface area contributed by atoms with Gasteiger partial charge in [0.05, 0.1) is 24.9 Å². The van der Waals surface area contributed by atoms with Crippen molar-refractivity contribution in [2.24, 2.45) is 0 Å². The van der Waals surface area contributed by atoms with Gasteiger partial charge in [-0.25, -0.2) is 8.78 Å². The lowest BCUT2D eigenvalue weighted by molar-refractivity contribution is -0.122. The van der Waals surface area contributed by atoms with Gasteiger partial charge in [-0.3, -0.25) is 4.90 Å². The van der Waals surface area contributed by atoms with Crippen molar-refractivity contribution in [2.75, 3.05) is 33.4 Å². The summed E-state index contributed by atoms with van der Waals surface area (Å²) in [7, 11) is 1.53. The number of aliphatic hydroxyl groups excluding tert-OH is 1. The normalized spacial score (nSPS) is 28.6. The van der Waals surface area contributed by atoms with Crippen molar-refractivity contribution < 1.29 is 23.4 Å². The molecule has 0 aromatic rings. The summed E-state index contributed by atoms with van der Waals surface area (Å²) in [6, 6.07) is 0. The van der Waals surface area contributed by atoms with Crippen LogP contribution in [-0.4, -0.2) is 67.6 Å². The topological polar surface area (TPSA) is 41.9 Å². The number of nitrogens with zero attached hydrogens (tertiary/aromatic N) is 1. The summed E-state index contributed by atoms with van der Waals surface area (Å²) < 4.78 is 38.3. The lowest BCUT2D eigenvalue weighted by Gasteiger charge is -2.39. The minimum absolute atomic E-state index is 0.114. The van der Waals surface area contributed by atoms with E-state index in [-0.39, 0.29) is 31.3 Å². The fourth-order valence-electron chi connectivity index (χ4n) is 3.01. The highest BCUT2D eigenvalue weighted by Crippen LogP contribution is 2.28. The first-order valence-corrected chi connectivity index (χ1v) is 7.91. The maximum absolute atomic E-state index is 13.8. The number of piperidine rings is 1. The van der Waals surface area contributed by atoms with E-state index in [0.717, 1.165) is 25.7 Å². The van der Waals surface area contributed by atoms with Gasteiger partial charge < -0.3 is 14.6 Å². The Bertz CT molecular complexity index is 303. The van der Waals surface area contributed by atoms with E-state index in [0.29, 0.717) is 26.1 Å². The number of hydrogen-bond donors (Lipinski definition) is 1. The third-order valence-corrected chi connectivity index (χ3v) is 4.34. The molecular formula is C15H27F2NO3. The lowest BCUT2D eigenvalue weighted by Crippen LogP contribution is -2.45. The zero-order valence-electron chi connectivity index (χ0n) is 12.8. The van der Waals surface area contributed by atoms with Gasteiger partial charge in [0.25, 0.3) is 5.92 Å². The molecule has 1 aliphatic carbocycles. The quantitative estimate of drug-likeness (QED) is 0.697. The Balaban J connectivity index is 1.61. The first-order chi connectivity index (χ1) is 9.98. The third kappa shape index (κ3) is 5.77. The predicted molar refractivity (Wildman–Crippen MR) is 75.6 cm³/mol. The number of likely N-dealkylation sites (tertiary alicyclic amines) is 1. The summed E-state index contributed by atoms with van der Waals surface area (Å²) >= 11 is 0. The van der Waals surface area contributed by atoms with Crippen LogP contribution in [0.5, 0.6) is 0 Å². The van der Waals surface area contributed by atoms with Crippen molar-refractivity contribution in [2.45, 2.75) is 62.8 Å². The Labute approximate surface area is 125 Å². The second kappa shape index (κ2) is 7.81. The molecule has 21 heavy (non-hydrogen) atoms. The zero-order chi connectivity index (χ0) is 15.3. The second-order valence-corrected chi connectivity index (χ2v) is 6.31. The van der Waals surface area contributed by atoms with Crippen molar-refractivity contribution in [3.05, 3.63) is 0 Å². The summed E-state index contributed by atoms with van der Waals surface area (Å²) in [5.74, 6) is -2.63. The Morgan fingerprint density at radius 3 is 2.43 bits per heavy atom. The predicted octanol–water partition coefficient (Wildman–Crippen LogP) is 2.05. The second-order valence-electron chi connectivity index (χ2n) is 6.31. The van der Waals surface area contributed by atoms with E-state index in [1.165, 1.54) is 7.11 Å². The van der Waals surface area contributed by atoms with E-state index >= 15 is 0 Å². The largest absolute Gasteiger partial charge is 0.393 e. The molecule has 2 fully saturated rings. The maximum Gasteiger partial charge on any atom is 0.260 e. The van der Waals surface area contributed by atoms with Crippen LogP contribution in [0, 0.1) is 0 Å². The molecule has 1 N–H and O–H groups in total. The van der Waals surface area contributed by atoms with Crippen LogP contribution < -0.4 is 0 Å². The van der Waals surface area contributed by atoms with Crippen LogP contribution in [0.2, 0.25) is 0 Å². The van der Waals surface area contributed by atoms with Crippen molar-refractivity contribution in [1.29, 1.82) is 0 Å². The Kier molecular flexibility index (Phi) is 6.34. The molecule has 0 spiro atoms. The monoisotopic (exact) mass is 307 g/mol. The van der Waals surface area contributed by atoms with Crippen LogP contribution >= 0.6 is 0 Å². The lowest BCUT2D eigenvalue weighted by atomic mass is 9.91. The van der Waals surface area contributed by atoms with Crippen LogP contribution in [0.25, 0.3) is 0 Å². The fourth-order valence-corrected chi connectivity index (χ4v) is 3.01. The van der Waals surface area contributed by atoms with Gasteiger partial charge >= 0.3 is 0 Å². The summed E-state index contributed by atoms with van der Waals surface area (Å²) in [5.41, 5.74) is 0. The molecule has 1 heterocycles. The molecule has 1 saturated carbocycles. The maximum atomic E-state index is 13.8. The van der Waals surface area contributed by atoms with E-state index < -0.39 is 5.92 Å². The first-order valence-electron chi connectivity index (χ1n) is 7.91. The average molecular weight is 307 g/mol. The fraction of sp³-hybridized carbons (Fsp3) is 1.00. The molecule has 6 heteroatoms. The first kappa shape index (κ1) is 17.1. The molecule has 0 aromatic carbocycles. The highest BCUT2D eigenvalue weighted by atomic mass is 19.3. The molecule has 124 valence electrons. The molecular weight excluding hydrogens is 280 g/mol. The standard InChI is InChI=1S/C15H27F2NO3/c1-20-8-2-5-15(16,17)11-18-6-3-13(4-7-18)21-14-9-12(19)10-14/h12-14,19H,2-11H2,1H3.